The first-order valence-electron chi connectivity index (χ1n) is 8.56. The topological polar surface area (TPSA) is 20.2 Å². The molecule has 0 spiro atoms. The zero-order valence-corrected chi connectivity index (χ0v) is 14.1. The van der Waals surface area contributed by atoms with E-state index >= 15 is 0 Å². The van der Waals surface area contributed by atoms with Crippen LogP contribution in [-0.4, -0.2) is 11.7 Å². The number of aliphatic hydroxyl groups is 1. The van der Waals surface area contributed by atoms with Crippen molar-refractivity contribution in [3.8, 4) is 0 Å². The van der Waals surface area contributed by atoms with Crippen LogP contribution in [0.15, 0.2) is 35.5 Å². The molecule has 0 heterocycles. The number of hydrogen-bond donors (Lipinski definition) is 1. The second kappa shape index (κ2) is 6.96. The molecule has 1 heteroatoms. The molecular weight excluding hydrogens is 256 g/mol. The van der Waals surface area contributed by atoms with Crippen molar-refractivity contribution in [1.29, 1.82) is 0 Å². The molecule has 1 nitrogen and oxygen atoms in total. The first-order chi connectivity index (χ1) is 9.96. The largest absolute Gasteiger partial charge is 0.392 e. The fraction of sp³-hybridized carbons (Fsp3) is 0.700. The standard InChI is InChI=1S/C20H32O/c1-15(2)18-11-13-20(4)12-10-17(14-21)7-5-6-16(3)8-9-19(18)20/h7-8,18-19,21H,1,5-6,9-14H2,2-4H3/b16-8+,17-7-/t18-,19-,20-/m0/s1. The van der Waals surface area contributed by atoms with Crippen molar-refractivity contribution >= 4 is 0 Å². The molecule has 0 aromatic rings. The van der Waals surface area contributed by atoms with Gasteiger partial charge in [-0.1, -0.05) is 36.8 Å². The zero-order chi connectivity index (χ0) is 15.5. The van der Waals surface area contributed by atoms with Gasteiger partial charge in [0.05, 0.1) is 6.61 Å². The molecule has 0 saturated heterocycles. The first-order valence-corrected chi connectivity index (χ1v) is 8.56. The summed E-state index contributed by atoms with van der Waals surface area (Å²) in [6.07, 6.45) is 13.0. The molecule has 1 fully saturated rings. The summed E-state index contributed by atoms with van der Waals surface area (Å²) < 4.78 is 0. The lowest BCUT2D eigenvalue weighted by atomic mass is 9.70. The zero-order valence-electron chi connectivity index (χ0n) is 14.1. The van der Waals surface area contributed by atoms with Crippen molar-refractivity contribution in [3.05, 3.63) is 35.5 Å². The molecular formula is C20H32O. The molecule has 0 bridgehead atoms. The summed E-state index contributed by atoms with van der Waals surface area (Å²) in [5.74, 6) is 1.41. The van der Waals surface area contributed by atoms with Gasteiger partial charge in [-0.05, 0) is 81.6 Å². The maximum Gasteiger partial charge on any atom is 0.0641 e. The van der Waals surface area contributed by atoms with Crippen molar-refractivity contribution in [2.24, 2.45) is 17.3 Å². The lowest BCUT2D eigenvalue weighted by molar-refractivity contribution is 0.187. The van der Waals surface area contributed by atoms with Gasteiger partial charge in [0.2, 0.25) is 0 Å². The highest BCUT2D eigenvalue weighted by molar-refractivity contribution is 5.13. The van der Waals surface area contributed by atoms with E-state index in [-0.39, 0.29) is 6.61 Å². The van der Waals surface area contributed by atoms with Crippen LogP contribution in [0.2, 0.25) is 0 Å². The Balaban J connectivity index is 2.26. The highest BCUT2D eigenvalue weighted by atomic mass is 16.3. The Bertz CT molecular complexity index is 443. The Hall–Kier alpha value is -0.820. The summed E-state index contributed by atoms with van der Waals surface area (Å²) in [5, 5.41) is 9.57. The summed E-state index contributed by atoms with van der Waals surface area (Å²) in [5.41, 5.74) is 4.50. The van der Waals surface area contributed by atoms with Gasteiger partial charge in [-0.3, -0.25) is 0 Å². The van der Waals surface area contributed by atoms with Crippen LogP contribution in [0.1, 0.15) is 65.7 Å². The van der Waals surface area contributed by atoms with Gasteiger partial charge in [-0.25, -0.2) is 0 Å². The smallest absolute Gasteiger partial charge is 0.0641 e. The molecule has 21 heavy (non-hydrogen) atoms. The third-order valence-corrected chi connectivity index (χ3v) is 5.95. The minimum Gasteiger partial charge on any atom is -0.392 e. The average Bonchev–Trinajstić information content (AvgIpc) is 2.76. The third kappa shape index (κ3) is 3.88. The third-order valence-electron chi connectivity index (χ3n) is 5.95. The van der Waals surface area contributed by atoms with Crippen LogP contribution >= 0.6 is 0 Å². The van der Waals surface area contributed by atoms with E-state index in [1.165, 1.54) is 42.4 Å². The second-order valence-corrected chi connectivity index (χ2v) is 7.60. The van der Waals surface area contributed by atoms with Gasteiger partial charge in [-0.15, -0.1) is 0 Å². The van der Waals surface area contributed by atoms with Gasteiger partial charge in [0.25, 0.3) is 0 Å². The average molecular weight is 288 g/mol. The second-order valence-electron chi connectivity index (χ2n) is 7.60. The highest BCUT2D eigenvalue weighted by Gasteiger charge is 2.44. The summed E-state index contributed by atoms with van der Waals surface area (Å²) >= 11 is 0. The van der Waals surface area contributed by atoms with E-state index in [9.17, 15) is 5.11 Å². The Kier molecular flexibility index (Phi) is 5.48. The Morgan fingerprint density at radius 3 is 2.76 bits per heavy atom. The predicted octanol–water partition coefficient (Wildman–Crippen LogP) is 5.42. The van der Waals surface area contributed by atoms with Crippen LogP contribution in [0.4, 0.5) is 0 Å². The number of hydrogen-bond acceptors (Lipinski definition) is 1. The summed E-state index contributed by atoms with van der Waals surface area (Å²) in [7, 11) is 0. The fourth-order valence-corrected chi connectivity index (χ4v) is 4.33. The van der Waals surface area contributed by atoms with Gasteiger partial charge in [0, 0.05) is 0 Å². The van der Waals surface area contributed by atoms with E-state index in [2.05, 4.69) is 39.5 Å². The van der Waals surface area contributed by atoms with Crippen molar-refractivity contribution in [2.75, 3.05) is 6.61 Å². The summed E-state index contributed by atoms with van der Waals surface area (Å²) in [6.45, 7) is 11.4. The Morgan fingerprint density at radius 1 is 1.33 bits per heavy atom. The Morgan fingerprint density at radius 2 is 2.10 bits per heavy atom. The fourth-order valence-electron chi connectivity index (χ4n) is 4.33. The molecule has 2 aliphatic rings. The number of fused-ring (bicyclic) bond motifs is 1. The van der Waals surface area contributed by atoms with E-state index in [1.807, 2.05) is 0 Å². The SMILES string of the molecule is C=C(C)[C@@H]1CC[C@]2(C)CC/C(CO)=C/CC/C(C)=C/C[C@@H]12. The minimum absolute atomic E-state index is 0.230. The molecule has 0 aromatic carbocycles. The summed E-state index contributed by atoms with van der Waals surface area (Å²) in [6, 6.07) is 0. The monoisotopic (exact) mass is 288 g/mol. The maximum absolute atomic E-state index is 9.57. The lowest BCUT2D eigenvalue weighted by Gasteiger charge is -2.34. The number of allylic oxidation sites excluding steroid dienone is 4. The van der Waals surface area contributed by atoms with Crippen molar-refractivity contribution < 1.29 is 5.11 Å². The molecule has 118 valence electrons. The Labute approximate surface area is 130 Å². The van der Waals surface area contributed by atoms with Gasteiger partial charge < -0.3 is 5.11 Å². The van der Waals surface area contributed by atoms with E-state index in [0.29, 0.717) is 11.3 Å². The molecule has 0 unspecified atom stereocenters. The van der Waals surface area contributed by atoms with E-state index < -0.39 is 0 Å². The molecule has 0 amide bonds. The molecule has 1 N–H and O–H groups in total. The van der Waals surface area contributed by atoms with Crippen LogP contribution in [-0.2, 0) is 0 Å². The van der Waals surface area contributed by atoms with Gasteiger partial charge in [0.1, 0.15) is 0 Å². The first kappa shape index (κ1) is 16.5. The molecule has 0 aromatic heterocycles. The molecule has 0 radical (unpaired) electrons. The lowest BCUT2D eigenvalue weighted by Crippen LogP contribution is -2.26. The minimum atomic E-state index is 0.230. The van der Waals surface area contributed by atoms with E-state index in [1.54, 1.807) is 0 Å². The van der Waals surface area contributed by atoms with Crippen molar-refractivity contribution in [3.63, 3.8) is 0 Å². The molecule has 0 aliphatic heterocycles. The van der Waals surface area contributed by atoms with Crippen molar-refractivity contribution in [2.45, 2.75) is 65.7 Å². The van der Waals surface area contributed by atoms with Gasteiger partial charge >= 0.3 is 0 Å². The predicted molar refractivity (Wildman–Crippen MR) is 91.1 cm³/mol. The van der Waals surface area contributed by atoms with Crippen LogP contribution in [0.5, 0.6) is 0 Å². The highest BCUT2D eigenvalue weighted by Crippen LogP contribution is 2.54. The molecule has 2 aliphatic carbocycles. The van der Waals surface area contributed by atoms with Crippen molar-refractivity contribution in [1.82, 2.24) is 0 Å². The number of aliphatic hydroxyl groups excluding tert-OH is 1. The van der Waals surface area contributed by atoms with Crippen LogP contribution in [0.3, 0.4) is 0 Å². The van der Waals surface area contributed by atoms with Crippen LogP contribution < -0.4 is 0 Å². The molecule has 1 saturated carbocycles. The molecule has 3 atom stereocenters. The number of rotatable bonds is 2. The quantitative estimate of drug-likeness (QED) is 0.672. The van der Waals surface area contributed by atoms with E-state index in [4.69, 9.17) is 0 Å². The van der Waals surface area contributed by atoms with Crippen LogP contribution in [0, 0.1) is 17.3 Å². The molecule has 2 rings (SSSR count). The van der Waals surface area contributed by atoms with E-state index in [0.717, 1.165) is 25.2 Å². The van der Waals surface area contributed by atoms with Gasteiger partial charge in [0.15, 0.2) is 0 Å². The normalized spacial score (nSPS) is 39.4. The van der Waals surface area contributed by atoms with Crippen LogP contribution in [0.25, 0.3) is 0 Å². The maximum atomic E-state index is 9.57. The summed E-state index contributed by atoms with van der Waals surface area (Å²) in [4.78, 5) is 0. The van der Waals surface area contributed by atoms with Gasteiger partial charge in [-0.2, -0.15) is 0 Å².